The number of rotatable bonds is 2. The Balaban J connectivity index is 1.78. The van der Waals surface area contributed by atoms with Gasteiger partial charge in [0.25, 0.3) is 5.91 Å². The van der Waals surface area contributed by atoms with E-state index in [0.717, 1.165) is 25.0 Å². The van der Waals surface area contributed by atoms with Crippen LogP contribution in [0.4, 0.5) is 5.13 Å². The predicted molar refractivity (Wildman–Crippen MR) is 85.6 cm³/mol. The number of carbonyl (C=O) groups excluding carboxylic acids is 1. The number of fused-ring (bicyclic) bond motifs is 1. The normalized spacial score (nSPS) is 17.9. The largest absolute Gasteiger partial charge is 0.298 e. The quantitative estimate of drug-likeness (QED) is 0.840. The standard InChI is InChI=1S/C13H12Cl2N2OS2/c1-6-2-3-8-9(4-6)19-13(16-8)17-12(18)7-5-10(14)20-11(7)15/h5-6H,2-4H2,1H3,(H,16,17,18)/t6-/m1/s1. The summed E-state index contributed by atoms with van der Waals surface area (Å²) in [6.07, 6.45) is 3.21. The van der Waals surface area contributed by atoms with Crippen LogP contribution in [0.1, 0.15) is 34.3 Å². The van der Waals surface area contributed by atoms with Crippen molar-refractivity contribution in [1.82, 2.24) is 4.98 Å². The van der Waals surface area contributed by atoms with Crippen LogP contribution in [-0.2, 0) is 12.8 Å². The van der Waals surface area contributed by atoms with Gasteiger partial charge in [-0.1, -0.05) is 30.1 Å². The molecule has 1 aliphatic carbocycles. The summed E-state index contributed by atoms with van der Waals surface area (Å²) in [5.74, 6) is 0.439. The smallest absolute Gasteiger partial charge is 0.259 e. The van der Waals surface area contributed by atoms with Crippen molar-refractivity contribution in [3.63, 3.8) is 0 Å². The Morgan fingerprint density at radius 1 is 1.45 bits per heavy atom. The molecule has 3 nitrogen and oxygen atoms in total. The molecule has 0 fully saturated rings. The van der Waals surface area contributed by atoms with E-state index >= 15 is 0 Å². The molecule has 0 unspecified atom stereocenters. The number of thiophene rings is 1. The van der Waals surface area contributed by atoms with Crippen LogP contribution in [0.5, 0.6) is 0 Å². The molecule has 2 aromatic rings. The first-order valence-electron chi connectivity index (χ1n) is 6.27. The fraction of sp³-hybridized carbons (Fsp3) is 0.385. The van der Waals surface area contributed by atoms with Crippen molar-refractivity contribution in [2.45, 2.75) is 26.2 Å². The fourth-order valence-corrected chi connectivity index (χ4v) is 4.88. The zero-order valence-corrected chi connectivity index (χ0v) is 13.8. The molecule has 1 atom stereocenters. The van der Waals surface area contributed by atoms with E-state index in [2.05, 4.69) is 17.2 Å². The van der Waals surface area contributed by atoms with E-state index < -0.39 is 0 Å². The van der Waals surface area contributed by atoms with Crippen LogP contribution in [-0.4, -0.2) is 10.9 Å². The molecule has 0 radical (unpaired) electrons. The monoisotopic (exact) mass is 346 g/mol. The van der Waals surface area contributed by atoms with Gasteiger partial charge in [-0.3, -0.25) is 10.1 Å². The fourth-order valence-electron chi connectivity index (χ4n) is 2.25. The van der Waals surface area contributed by atoms with Crippen molar-refractivity contribution in [1.29, 1.82) is 0 Å². The Morgan fingerprint density at radius 3 is 2.95 bits per heavy atom. The molecule has 7 heteroatoms. The minimum atomic E-state index is -0.253. The molecule has 0 aromatic carbocycles. The molecule has 0 aliphatic heterocycles. The van der Waals surface area contributed by atoms with Gasteiger partial charge in [0.2, 0.25) is 0 Å². The predicted octanol–water partition coefficient (Wildman–Crippen LogP) is 4.89. The molecule has 1 amide bonds. The van der Waals surface area contributed by atoms with Crippen molar-refractivity contribution in [3.05, 3.63) is 30.9 Å². The average molecular weight is 347 g/mol. The molecule has 0 bridgehead atoms. The summed E-state index contributed by atoms with van der Waals surface area (Å²) in [4.78, 5) is 17.9. The van der Waals surface area contributed by atoms with E-state index in [-0.39, 0.29) is 5.91 Å². The van der Waals surface area contributed by atoms with Crippen molar-refractivity contribution >= 4 is 56.9 Å². The number of hydrogen-bond acceptors (Lipinski definition) is 4. The third-order valence-electron chi connectivity index (χ3n) is 3.31. The van der Waals surface area contributed by atoms with Gasteiger partial charge < -0.3 is 0 Å². The molecule has 1 aliphatic rings. The van der Waals surface area contributed by atoms with E-state index in [9.17, 15) is 4.79 Å². The van der Waals surface area contributed by atoms with Gasteiger partial charge in [-0.05, 0) is 31.2 Å². The highest BCUT2D eigenvalue weighted by Crippen LogP contribution is 2.34. The Morgan fingerprint density at radius 2 is 2.25 bits per heavy atom. The number of hydrogen-bond donors (Lipinski definition) is 1. The highest BCUT2D eigenvalue weighted by molar-refractivity contribution is 7.20. The molecule has 106 valence electrons. The Bertz CT molecular complexity index is 665. The number of amides is 1. The van der Waals surface area contributed by atoms with Gasteiger partial charge in [-0.15, -0.1) is 22.7 Å². The summed E-state index contributed by atoms with van der Waals surface area (Å²) in [6, 6.07) is 1.58. The lowest BCUT2D eigenvalue weighted by atomic mass is 9.93. The summed E-state index contributed by atoms with van der Waals surface area (Å²) in [5.41, 5.74) is 1.53. The summed E-state index contributed by atoms with van der Waals surface area (Å²) in [6.45, 7) is 2.24. The Labute approximate surface area is 134 Å². The van der Waals surface area contributed by atoms with Crippen LogP contribution < -0.4 is 5.32 Å². The summed E-state index contributed by atoms with van der Waals surface area (Å²) in [7, 11) is 0. The van der Waals surface area contributed by atoms with E-state index in [1.807, 2.05) is 0 Å². The number of nitrogens with one attached hydrogen (secondary N) is 1. The zero-order valence-electron chi connectivity index (χ0n) is 10.7. The van der Waals surface area contributed by atoms with Crippen molar-refractivity contribution in [2.24, 2.45) is 5.92 Å². The molecule has 3 rings (SSSR count). The number of nitrogens with zero attached hydrogens (tertiary/aromatic N) is 1. The maximum atomic E-state index is 12.1. The van der Waals surface area contributed by atoms with Crippen LogP contribution in [0.3, 0.4) is 0 Å². The molecule has 20 heavy (non-hydrogen) atoms. The highest BCUT2D eigenvalue weighted by atomic mass is 35.5. The molecule has 2 aromatic heterocycles. The van der Waals surface area contributed by atoms with Gasteiger partial charge in [0.05, 0.1) is 15.6 Å². The van der Waals surface area contributed by atoms with Crippen LogP contribution in [0.2, 0.25) is 8.67 Å². The summed E-state index contributed by atoms with van der Waals surface area (Å²) >= 11 is 14.6. The lowest BCUT2D eigenvalue weighted by Crippen LogP contribution is -2.11. The van der Waals surface area contributed by atoms with Crippen LogP contribution in [0, 0.1) is 5.92 Å². The Hall–Kier alpha value is -0.620. The first kappa shape index (κ1) is 14.3. The van der Waals surface area contributed by atoms with Gasteiger partial charge in [0.15, 0.2) is 5.13 Å². The Kier molecular flexibility index (Phi) is 4.04. The van der Waals surface area contributed by atoms with Crippen molar-refractivity contribution < 1.29 is 4.79 Å². The van der Waals surface area contributed by atoms with Gasteiger partial charge in [-0.25, -0.2) is 4.98 Å². The third-order valence-corrected chi connectivity index (χ3v) is 5.83. The molecular formula is C13H12Cl2N2OS2. The van der Waals surface area contributed by atoms with E-state index in [4.69, 9.17) is 23.2 Å². The van der Waals surface area contributed by atoms with E-state index in [1.165, 1.54) is 16.2 Å². The summed E-state index contributed by atoms with van der Waals surface area (Å²) in [5, 5.41) is 3.46. The lowest BCUT2D eigenvalue weighted by Gasteiger charge is -2.15. The molecule has 0 saturated heterocycles. The van der Waals surface area contributed by atoms with Gasteiger partial charge in [0.1, 0.15) is 4.34 Å². The van der Waals surface area contributed by atoms with Crippen LogP contribution >= 0.6 is 45.9 Å². The first-order valence-corrected chi connectivity index (χ1v) is 8.66. The van der Waals surface area contributed by atoms with Crippen molar-refractivity contribution in [2.75, 3.05) is 5.32 Å². The number of aromatic nitrogens is 1. The molecule has 0 spiro atoms. The second kappa shape index (κ2) is 5.64. The molecular weight excluding hydrogens is 335 g/mol. The van der Waals surface area contributed by atoms with Crippen LogP contribution in [0.15, 0.2) is 6.07 Å². The number of carbonyl (C=O) groups is 1. The molecule has 1 N–H and O–H groups in total. The number of anilines is 1. The zero-order chi connectivity index (χ0) is 14.3. The first-order chi connectivity index (χ1) is 9.52. The van der Waals surface area contributed by atoms with Crippen LogP contribution in [0.25, 0.3) is 0 Å². The molecule has 2 heterocycles. The second-order valence-corrected chi connectivity index (χ2v) is 8.30. The van der Waals surface area contributed by atoms with Gasteiger partial charge >= 0.3 is 0 Å². The van der Waals surface area contributed by atoms with Crippen molar-refractivity contribution in [3.8, 4) is 0 Å². The molecule has 0 saturated carbocycles. The van der Waals surface area contributed by atoms with E-state index in [1.54, 1.807) is 17.4 Å². The lowest BCUT2D eigenvalue weighted by molar-refractivity contribution is 0.102. The second-order valence-electron chi connectivity index (χ2n) is 4.93. The van der Waals surface area contributed by atoms with E-state index in [0.29, 0.717) is 25.3 Å². The average Bonchev–Trinajstić information content (AvgIpc) is 2.91. The number of aryl methyl sites for hydroxylation is 1. The number of thiazole rings is 1. The number of halogens is 2. The maximum Gasteiger partial charge on any atom is 0.259 e. The SMILES string of the molecule is C[C@@H]1CCc2nc(NC(=O)c3cc(Cl)sc3Cl)sc2C1. The van der Waals surface area contributed by atoms with Gasteiger partial charge in [0, 0.05) is 4.88 Å². The third kappa shape index (κ3) is 2.86. The van der Waals surface area contributed by atoms with Gasteiger partial charge in [-0.2, -0.15) is 0 Å². The topological polar surface area (TPSA) is 42.0 Å². The maximum absolute atomic E-state index is 12.1. The minimum absolute atomic E-state index is 0.253. The summed E-state index contributed by atoms with van der Waals surface area (Å²) < 4.78 is 0.912. The minimum Gasteiger partial charge on any atom is -0.298 e. The highest BCUT2D eigenvalue weighted by Gasteiger charge is 2.21.